The quantitative estimate of drug-likeness (QED) is 0.252. The number of phenols is 3. The van der Waals surface area contributed by atoms with E-state index >= 15 is 0 Å². The minimum atomic E-state index is -1.63. The molecule has 6 N–H and O–H groups in total. The summed E-state index contributed by atoms with van der Waals surface area (Å²) in [4.78, 5) is 23.5. The maximum absolute atomic E-state index is 11.9. The van der Waals surface area contributed by atoms with Gasteiger partial charge in [0.15, 0.2) is 11.5 Å². The van der Waals surface area contributed by atoms with Gasteiger partial charge in [0, 0.05) is 6.42 Å². The van der Waals surface area contributed by atoms with Gasteiger partial charge in [-0.2, -0.15) is 0 Å². The number of carbonyl (C=O) groups excluding carboxylic acids is 1. The van der Waals surface area contributed by atoms with E-state index < -0.39 is 17.5 Å². The standard InChI is InChI=1S/C19H21NO7.ClH/c20-19(18(25)26,11-12-6-7-15(22)16(23)10-12)8-3-9-27-17(24)13-4-1-2-5-14(13)21;/h1-2,4-7,10,21-23H,3,8-9,11,20H2,(H,25,26);1H/t19-;/m0./s1. The minimum Gasteiger partial charge on any atom is -0.507 e. The van der Waals surface area contributed by atoms with E-state index in [4.69, 9.17) is 10.5 Å². The molecule has 28 heavy (non-hydrogen) atoms. The first kappa shape index (κ1) is 23.1. The van der Waals surface area contributed by atoms with Crippen LogP contribution in [0.3, 0.4) is 0 Å². The molecule has 1 atom stereocenters. The second-order valence-electron chi connectivity index (χ2n) is 6.22. The van der Waals surface area contributed by atoms with E-state index in [1.165, 1.54) is 30.3 Å². The summed E-state index contributed by atoms with van der Waals surface area (Å²) >= 11 is 0. The number of carbonyl (C=O) groups is 2. The van der Waals surface area contributed by atoms with Crippen molar-refractivity contribution < 1.29 is 34.8 Å². The van der Waals surface area contributed by atoms with Crippen LogP contribution in [-0.2, 0) is 16.0 Å². The molecule has 0 amide bonds. The third kappa shape index (κ3) is 5.77. The summed E-state index contributed by atoms with van der Waals surface area (Å²) in [5.41, 5.74) is 4.82. The average Bonchev–Trinajstić information content (AvgIpc) is 2.62. The molecule has 152 valence electrons. The van der Waals surface area contributed by atoms with Gasteiger partial charge < -0.3 is 30.9 Å². The van der Waals surface area contributed by atoms with Crippen LogP contribution in [-0.4, -0.2) is 44.5 Å². The zero-order valence-corrected chi connectivity index (χ0v) is 15.7. The summed E-state index contributed by atoms with van der Waals surface area (Å²) in [5.74, 6) is -2.82. The molecule has 0 saturated heterocycles. The smallest absolute Gasteiger partial charge is 0.341 e. The SMILES string of the molecule is Cl.N[C@@](CCCOC(=O)c1ccccc1O)(Cc1ccc(O)c(O)c1)C(=O)O. The summed E-state index contributed by atoms with van der Waals surface area (Å²) < 4.78 is 5.05. The highest BCUT2D eigenvalue weighted by Crippen LogP contribution is 2.27. The molecule has 0 spiro atoms. The van der Waals surface area contributed by atoms with Crippen molar-refractivity contribution in [2.24, 2.45) is 5.73 Å². The molecule has 0 aliphatic heterocycles. The third-order valence-electron chi connectivity index (χ3n) is 4.11. The van der Waals surface area contributed by atoms with Crippen LogP contribution in [0.1, 0.15) is 28.8 Å². The zero-order chi connectivity index (χ0) is 20.0. The topological polar surface area (TPSA) is 150 Å². The molecule has 0 unspecified atom stereocenters. The maximum Gasteiger partial charge on any atom is 0.341 e. The predicted octanol–water partition coefficient (Wildman–Crippen LogP) is 2.19. The minimum absolute atomic E-state index is 0. The van der Waals surface area contributed by atoms with Crippen LogP contribution in [0.15, 0.2) is 42.5 Å². The van der Waals surface area contributed by atoms with Gasteiger partial charge in [-0.1, -0.05) is 18.2 Å². The van der Waals surface area contributed by atoms with Crippen LogP contribution in [0, 0.1) is 0 Å². The number of benzene rings is 2. The molecule has 0 aromatic heterocycles. The van der Waals surface area contributed by atoms with Gasteiger partial charge >= 0.3 is 11.9 Å². The molecule has 2 rings (SSSR count). The first-order valence-corrected chi connectivity index (χ1v) is 8.21. The highest BCUT2D eigenvalue weighted by Gasteiger charge is 2.34. The average molecular weight is 412 g/mol. The van der Waals surface area contributed by atoms with Crippen LogP contribution in [0.5, 0.6) is 17.2 Å². The van der Waals surface area contributed by atoms with Gasteiger partial charge in [0.1, 0.15) is 16.9 Å². The second kappa shape index (κ2) is 9.82. The molecule has 8 nitrogen and oxygen atoms in total. The van der Waals surface area contributed by atoms with Gasteiger partial charge in [-0.3, -0.25) is 4.79 Å². The number of halogens is 1. The Morgan fingerprint density at radius 2 is 1.68 bits per heavy atom. The van der Waals surface area contributed by atoms with Crippen molar-refractivity contribution in [2.75, 3.05) is 6.61 Å². The zero-order valence-electron chi connectivity index (χ0n) is 14.9. The number of carboxylic acids is 1. The molecular formula is C19H22ClNO7. The summed E-state index contributed by atoms with van der Waals surface area (Å²) in [7, 11) is 0. The lowest BCUT2D eigenvalue weighted by Crippen LogP contribution is -2.50. The monoisotopic (exact) mass is 411 g/mol. The highest BCUT2D eigenvalue weighted by atomic mass is 35.5. The summed E-state index contributed by atoms with van der Waals surface area (Å²) in [5, 5.41) is 37.9. The molecule has 9 heteroatoms. The van der Waals surface area contributed by atoms with Crippen molar-refractivity contribution in [3.05, 3.63) is 53.6 Å². The third-order valence-corrected chi connectivity index (χ3v) is 4.11. The van der Waals surface area contributed by atoms with E-state index in [9.17, 15) is 30.0 Å². The number of hydrogen-bond donors (Lipinski definition) is 5. The number of phenolic OH excluding ortho intramolecular Hbond substituents is 3. The Bertz CT molecular complexity index is 843. The number of aromatic hydroxyl groups is 3. The molecule has 0 aliphatic carbocycles. The maximum atomic E-state index is 11.9. The van der Waals surface area contributed by atoms with Crippen molar-refractivity contribution in [1.82, 2.24) is 0 Å². The van der Waals surface area contributed by atoms with Crippen LogP contribution in [0.25, 0.3) is 0 Å². The highest BCUT2D eigenvalue weighted by molar-refractivity contribution is 5.92. The Morgan fingerprint density at radius 3 is 2.29 bits per heavy atom. The Hall–Kier alpha value is -2.97. The van der Waals surface area contributed by atoms with E-state index in [-0.39, 0.29) is 61.1 Å². The van der Waals surface area contributed by atoms with Gasteiger partial charge in [-0.05, 0) is 42.7 Å². The first-order valence-electron chi connectivity index (χ1n) is 8.21. The number of rotatable bonds is 8. The number of ether oxygens (including phenoxy) is 1. The number of nitrogens with two attached hydrogens (primary N) is 1. The van der Waals surface area contributed by atoms with E-state index in [0.717, 1.165) is 0 Å². The van der Waals surface area contributed by atoms with Crippen LogP contribution in [0.4, 0.5) is 0 Å². The van der Waals surface area contributed by atoms with Crippen molar-refractivity contribution in [3.8, 4) is 17.2 Å². The van der Waals surface area contributed by atoms with Crippen molar-refractivity contribution in [2.45, 2.75) is 24.8 Å². The Labute approximate surface area is 167 Å². The first-order chi connectivity index (χ1) is 12.7. The lowest BCUT2D eigenvalue weighted by Gasteiger charge is -2.25. The molecule has 0 aliphatic rings. The van der Waals surface area contributed by atoms with Crippen molar-refractivity contribution in [3.63, 3.8) is 0 Å². The Kier molecular flexibility index (Phi) is 8.09. The fraction of sp³-hybridized carbons (Fsp3) is 0.263. The van der Waals surface area contributed by atoms with E-state index in [2.05, 4.69) is 0 Å². The molecule has 0 radical (unpaired) electrons. The number of carboxylic acid groups (broad SMARTS) is 1. The molecule has 2 aromatic carbocycles. The Morgan fingerprint density at radius 1 is 1.00 bits per heavy atom. The second-order valence-corrected chi connectivity index (χ2v) is 6.22. The van der Waals surface area contributed by atoms with E-state index in [1.807, 2.05) is 0 Å². The summed E-state index contributed by atoms with van der Waals surface area (Å²) in [6, 6.07) is 9.90. The van der Waals surface area contributed by atoms with E-state index in [0.29, 0.717) is 5.56 Å². The number of esters is 1. The predicted molar refractivity (Wildman–Crippen MR) is 103 cm³/mol. The van der Waals surface area contributed by atoms with Crippen molar-refractivity contribution >= 4 is 24.3 Å². The molecule has 0 bridgehead atoms. The number of para-hydroxylation sites is 1. The number of aliphatic carboxylic acids is 1. The van der Waals surface area contributed by atoms with Gasteiger partial charge in [-0.25, -0.2) is 4.79 Å². The van der Waals surface area contributed by atoms with Gasteiger partial charge in [-0.15, -0.1) is 12.4 Å². The fourth-order valence-corrected chi connectivity index (χ4v) is 2.59. The van der Waals surface area contributed by atoms with Gasteiger partial charge in [0.05, 0.1) is 6.61 Å². The van der Waals surface area contributed by atoms with Gasteiger partial charge in [0.25, 0.3) is 0 Å². The van der Waals surface area contributed by atoms with Crippen LogP contribution in [0.2, 0.25) is 0 Å². The Balaban J connectivity index is 0.00000392. The molecular weight excluding hydrogens is 390 g/mol. The molecule has 0 saturated carbocycles. The van der Waals surface area contributed by atoms with Crippen molar-refractivity contribution in [1.29, 1.82) is 0 Å². The molecule has 2 aromatic rings. The summed E-state index contributed by atoms with van der Waals surface area (Å²) in [6.45, 7) is -0.0692. The molecule has 0 heterocycles. The molecule has 0 fully saturated rings. The fourth-order valence-electron chi connectivity index (χ4n) is 2.59. The normalized spacial score (nSPS) is 12.5. The van der Waals surface area contributed by atoms with Crippen LogP contribution >= 0.6 is 12.4 Å². The van der Waals surface area contributed by atoms with E-state index in [1.54, 1.807) is 12.1 Å². The lowest BCUT2D eigenvalue weighted by atomic mass is 9.87. The van der Waals surface area contributed by atoms with Crippen LogP contribution < -0.4 is 5.73 Å². The number of hydrogen-bond acceptors (Lipinski definition) is 7. The largest absolute Gasteiger partial charge is 0.507 e. The summed E-state index contributed by atoms with van der Waals surface area (Å²) in [6.07, 6.45) is 0.119. The lowest BCUT2D eigenvalue weighted by molar-refractivity contribution is -0.143. The van der Waals surface area contributed by atoms with Gasteiger partial charge in [0.2, 0.25) is 0 Å².